The molecule has 0 fully saturated rings. The van der Waals surface area contributed by atoms with E-state index in [1.807, 2.05) is 16.9 Å². The maximum absolute atomic E-state index is 12.3. The smallest absolute Gasteiger partial charge is 0.303 e. The number of carbonyl (C=O) groups excluding carboxylic acids is 1. The Bertz CT molecular complexity index is 878. The molecule has 0 heterocycles. The van der Waals surface area contributed by atoms with E-state index >= 15 is 0 Å². The molecule has 7 nitrogen and oxygen atoms in total. The summed E-state index contributed by atoms with van der Waals surface area (Å²) in [6.45, 7) is 0. The van der Waals surface area contributed by atoms with Gasteiger partial charge in [-0.15, -0.1) is 0 Å². The van der Waals surface area contributed by atoms with Gasteiger partial charge in [0.2, 0.25) is 0 Å². The Hall–Kier alpha value is -2.58. The summed E-state index contributed by atoms with van der Waals surface area (Å²) in [5.41, 5.74) is 1.63. The minimum absolute atomic E-state index is 0.198. The Labute approximate surface area is 147 Å². The van der Waals surface area contributed by atoms with E-state index < -0.39 is 16.1 Å². The van der Waals surface area contributed by atoms with E-state index in [9.17, 15) is 13.2 Å². The van der Waals surface area contributed by atoms with Crippen LogP contribution in [0, 0.1) is 0 Å². The predicted molar refractivity (Wildman–Crippen MR) is 95.1 cm³/mol. The van der Waals surface area contributed by atoms with Gasteiger partial charge in [-0.3, -0.25) is 4.79 Å². The molecular weight excluding hydrogens is 344 g/mol. The number of amides is 1. The largest absolute Gasteiger partial charge is 0.497 e. The molecule has 0 saturated heterocycles. The van der Waals surface area contributed by atoms with E-state index in [4.69, 9.17) is 9.47 Å². The molecular formula is C17H20N2O5S. The van der Waals surface area contributed by atoms with Gasteiger partial charge in [0.05, 0.1) is 14.2 Å². The fourth-order valence-corrected chi connectivity index (χ4v) is 2.67. The maximum Gasteiger partial charge on any atom is 0.303 e. The third-order valence-electron chi connectivity index (χ3n) is 3.54. The van der Waals surface area contributed by atoms with E-state index in [1.54, 1.807) is 31.4 Å². The number of hydrogen-bond acceptors (Lipinski definition) is 5. The van der Waals surface area contributed by atoms with Crippen LogP contribution in [0.3, 0.4) is 0 Å². The van der Waals surface area contributed by atoms with Crippen molar-refractivity contribution in [2.45, 2.75) is 0 Å². The lowest BCUT2D eigenvalue weighted by Crippen LogP contribution is -2.39. The fourth-order valence-electron chi connectivity index (χ4n) is 2.13. The molecule has 2 aromatic rings. The van der Waals surface area contributed by atoms with Crippen molar-refractivity contribution < 1.29 is 22.7 Å². The molecule has 0 unspecified atom stereocenters. The van der Waals surface area contributed by atoms with Crippen molar-refractivity contribution >= 4 is 16.1 Å². The first-order chi connectivity index (χ1) is 11.8. The summed E-state index contributed by atoms with van der Waals surface area (Å²) in [5, 5.41) is 0. The topological polar surface area (TPSA) is 84.9 Å². The molecule has 0 radical (unpaired) electrons. The first kappa shape index (κ1) is 18.8. The van der Waals surface area contributed by atoms with E-state index in [1.165, 1.54) is 27.3 Å². The van der Waals surface area contributed by atoms with E-state index in [0.717, 1.165) is 9.87 Å². The minimum atomic E-state index is -3.87. The molecule has 1 amide bonds. The summed E-state index contributed by atoms with van der Waals surface area (Å²) in [6, 6.07) is 12.0. The Kier molecular flexibility index (Phi) is 5.66. The normalized spacial score (nSPS) is 11.2. The summed E-state index contributed by atoms with van der Waals surface area (Å²) < 4.78 is 37.2. The number of ether oxygens (including phenoxy) is 2. The summed E-state index contributed by atoms with van der Waals surface area (Å²) in [7, 11) is 1.90. The molecule has 8 heteroatoms. The third kappa shape index (κ3) is 4.28. The minimum Gasteiger partial charge on any atom is -0.497 e. The Balaban J connectivity index is 2.45. The highest BCUT2D eigenvalue weighted by Gasteiger charge is 2.19. The van der Waals surface area contributed by atoms with Crippen molar-refractivity contribution in [3.8, 4) is 22.6 Å². The van der Waals surface area contributed by atoms with Gasteiger partial charge < -0.3 is 9.47 Å². The zero-order chi connectivity index (χ0) is 18.6. The second kappa shape index (κ2) is 7.54. The second-order valence-corrected chi connectivity index (χ2v) is 7.25. The highest BCUT2D eigenvalue weighted by atomic mass is 32.2. The molecule has 2 aromatic carbocycles. The van der Waals surface area contributed by atoms with Crippen LogP contribution < -0.4 is 14.2 Å². The molecule has 0 aromatic heterocycles. The summed E-state index contributed by atoms with van der Waals surface area (Å²) in [6.07, 6.45) is 0. The van der Waals surface area contributed by atoms with Crippen LogP contribution in [0.1, 0.15) is 10.4 Å². The van der Waals surface area contributed by atoms with Gasteiger partial charge in [-0.05, 0) is 35.9 Å². The van der Waals surface area contributed by atoms with Crippen LogP contribution in [0.5, 0.6) is 11.5 Å². The highest BCUT2D eigenvalue weighted by molar-refractivity contribution is 7.87. The van der Waals surface area contributed by atoms with E-state index in [-0.39, 0.29) is 5.56 Å². The summed E-state index contributed by atoms with van der Waals surface area (Å²) >= 11 is 0. The average molecular weight is 364 g/mol. The zero-order valence-corrected chi connectivity index (χ0v) is 15.3. The van der Waals surface area contributed by atoms with E-state index in [2.05, 4.69) is 0 Å². The van der Waals surface area contributed by atoms with Crippen LogP contribution in [0.25, 0.3) is 11.1 Å². The molecule has 0 aliphatic carbocycles. The van der Waals surface area contributed by atoms with Crippen molar-refractivity contribution in [2.75, 3.05) is 28.3 Å². The second-order valence-electron chi connectivity index (χ2n) is 5.37. The monoisotopic (exact) mass is 364 g/mol. The Morgan fingerprint density at radius 1 is 1.04 bits per heavy atom. The van der Waals surface area contributed by atoms with Gasteiger partial charge in [-0.1, -0.05) is 12.1 Å². The first-order valence-corrected chi connectivity index (χ1v) is 8.79. The number of nitrogens with one attached hydrogen (secondary N) is 1. The zero-order valence-electron chi connectivity index (χ0n) is 14.4. The van der Waals surface area contributed by atoms with Crippen LogP contribution in [-0.2, 0) is 10.2 Å². The molecule has 0 bridgehead atoms. The van der Waals surface area contributed by atoms with Crippen LogP contribution >= 0.6 is 0 Å². The SMILES string of the molecule is COc1cccc(-c2cc(C(=O)NS(=O)(=O)N(C)C)ccc2OC)c1. The van der Waals surface area contributed by atoms with Crippen LogP contribution in [-0.4, -0.2) is 46.9 Å². The lowest BCUT2D eigenvalue weighted by molar-refractivity contribution is 0.0979. The number of methoxy groups -OCH3 is 2. The number of rotatable bonds is 6. The molecule has 0 aliphatic heterocycles. The standard InChI is InChI=1S/C17H20N2O5S/c1-19(2)25(21,22)18-17(20)13-8-9-16(24-4)15(11-13)12-6-5-7-14(10-12)23-3/h5-11H,1-4H3,(H,18,20). The molecule has 0 aliphatic rings. The van der Waals surface area contributed by atoms with Crippen molar-refractivity contribution in [3.05, 3.63) is 48.0 Å². The van der Waals surface area contributed by atoms with Crippen molar-refractivity contribution in [3.63, 3.8) is 0 Å². The lowest BCUT2D eigenvalue weighted by Gasteiger charge is -2.14. The van der Waals surface area contributed by atoms with Gasteiger partial charge in [0.15, 0.2) is 0 Å². The van der Waals surface area contributed by atoms with Crippen molar-refractivity contribution in [1.29, 1.82) is 0 Å². The van der Waals surface area contributed by atoms with Crippen LogP contribution in [0.4, 0.5) is 0 Å². The molecule has 134 valence electrons. The number of carbonyl (C=O) groups is 1. The Morgan fingerprint density at radius 3 is 2.36 bits per heavy atom. The van der Waals surface area contributed by atoms with Gasteiger partial charge >= 0.3 is 10.2 Å². The average Bonchev–Trinajstić information content (AvgIpc) is 2.60. The summed E-state index contributed by atoms with van der Waals surface area (Å²) in [4.78, 5) is 12.3. The van der Waals surface area contributed by atoms with Gasteiger partial charge in [-0.25, -0.2) is 4.72 Å². The molecule has 0 spiro atoms. The van der Waals surface area contributed by atoms with Crippen LogP contribution in [0.2, 0.25) is 0 Å². The van der Waals surface area contributed by atoms with Crippen molar-refractivity contribution in [1.82, 2.24) is 9.03 Å². The van der Waals surface area contributed by atoms with Gasteiger partial charge in [0.1, 0.15) is 11.5 Å². The first-order valence-electron chi connectivity index (χ1n) is 7.35. The lowest BCUT2D eigenvalue weighted by atomic mass is 10.0. The summed E-state index contributed by atoms with van der Waals surface area (Å²) in [5.74, 6) is 0.491. The number of hydrogen-bond donors (Lipinski definition) is 1. The van der Waals surface area contributed by atoms with E-state index in [0.29, 0.717) is 17.1 Å². The molecule has 0 saturated carbocycles. The van der Waals surface area contributed by atoms with Crippen LogP contribution in [0.15, 0.2) is 42.5 Å². The Morgan fingerprint density at radius 2 is 1.76 bits per heavy atom. The van der Waals surface area contributed by atoms with Gasteiger partial charge in [0, 0.05) is 25.2 Å². The molecule has 2 rings (SSSR count). The number of benzene rings is 2. The number of nitrogens with zero attached hydrogens (tertiary/aromatic N) is 1. The maximum atomic E-state index is 12.3. The highest BCUT2D eigenvalue weighted by Crippen LogP contribution is 2.32. The predicted octanol–water partition coefficient (Wildman–Crippen LogP) is 1.91. The van der Waals surface area contributed by atoms with Gasteiger partial charge in [-0.2, -0.15) is 12.7 Å². The quantitative estimate of drug-likeness (QED) is 0.846. The fraction of sp³-hybridized carbons (Fsp3) is 0.235. The molecule has 25 heavy (non-hydrogen) atoms. The molecule has 0 atom stereocenters. The molecule has 1 N–H and O–H groups in total. The van der Waals surface area contributed by atoms with Crippen molar-refractivity contribution in [2.24, 2.45) is 0 Å². The van der Waals surface area contributed by atoms with Gasteiger partial charge in [0.25, 0.3) is 5.91 Å². The third-order valence-corrected chi connectivity index (χ3v) is 4.95.